The lowest BCUT2D eigenvalue weighted by Gasteiger charge is -2.19. The van der Waals surface area contributed by atoms with E-state index in [0.717, 1.165) is 12.2 Å². The number of thiazole rings is 1. The van der Waals surface area contributed by atoms with Crippen molar-refractivity contribution in [1.82, 2.24) is 9.88 Å². The molecule has 2 aromatic rings. The molecule has 1 N–H and O–H groups in total. The Morgan fingerprint density at radius 3 is 2.68 bits per heavy atom. The summed E-state index contributed by atoms with van der Waals surface area (Å²) in [6.07, 6.45) is 0. The van der Waals surface area contributed by atoms with E-state index in [9.17, 15) is 0 Å². The van der Waals surface area contributed by atoms with Gasteiger partial charge in [0, 0.05) is 17.1 Å². The van der Waals surface area contributed by atoms with Gasteiger partial charge in [0.1, 0.15) is 0 Å². The Morgan fingerprint density at radius 2 is 2.05 bits per heavy atom. The number of para-hydroxylation sites is 1. The first-order chi connectivity index (χ1) is 9.08. The molecule has 2 rings (SSSR count). The molecule has 0 fully saturated rings. The minimum atomic E-state index is 0.288. The summed E-state index contributed by atoms with van der Waals surface area (Å²) in [5, 5.41) is 3.60. The molecule has 0 aliphatic carbocycles. The van der Waals surface area contributed by atoms with Crippen LogP contribution in [0.3, 0.4) is 0 Å². The predicted octanol–water partition coefficient (Wildman–Crippen LogP) is 3.69. The van der Waals surface area contributed by atoms with Gasteiger partial charge in [0.15, 0.2) is 0 Å². The Labute approximate surface area is 119 Å². The third-order valence-electron chi connectivity index (χ3n) is 3.05. The van der Waals surface area contributed by atoms with Gasteiger partial charge in [-0.3, -0.25) is 0 Å². The summed E-state index contributed by atoms with van der Waals surface area (Å²) in [6, 6.07) is 8.77. The van der Waals surface area contributed by atoms with Crippen LogP contribution in [0.1, 0.15) is 29.1 Å². The fourth-order valence-corrected chi connectivity index (χ4v) is 2.98. The smallest absolute Gasteiger partial charge is 0.0798 e. The maximum absolute atomic E-state index is 4.32. The van der Waals surface area contributed by atoms with Crippen molar-refractivity contribution < 1.29 is 0 Å². The molecule has 0 saturated carbocycles. The van der Waals surface area contributed by atoms with Crippen molar-refractivity contribution in [2.24, 2.45) is 0 Å². The van der Waals surface area contributed by atoms with E-state index in [4.69, 9.17) is 0 Å². The summed E-state index contributed by atoms with van der Waals surface area (Å²) in [4.78, 5) is 7.81. The van der Waals surface area contributed by atoms with Gasteiger partial charge in [-0.15, -0.1) is 11.3 Å². The maximum atomic E-state index is 4.32. The quantitative estimate of drug-likeness (QED) is 0.902. The summed E-state index contributed by atoms with van der Waals surface area (Å²) in [6.45, 7) is 5.19. The lowest BCUT2D eigenvalue weighted by atomic mass is 10.1. The molecule has 0 saturated heterocycles. The van der Waals surface area contributed by atoms with Gasteiger partial charge in [-0.2, -0.15) is 0 Å². The average molecular weight is 275 g/mol. The molecule has 0 bridgehead atoms. The lowest BCUT2D eigenvalue weighted by Crippen LogP contribution is -2.14. The van der Waals surface area contributed by atoms with Crippen LogP contribution in [0.15, 0.2) is 29.8 Å². The van der Waals surface area contributed by atoms with Crippen molar-refractivity contribution in [2.45, 2.75) is 26.4 Å². The van der Waals surface area contributed by atoms with Crippen LogP contribution < -0.4 is 5.32 Å². The average Bonchev–Trinajstić information content (AvgIpc) is 2.77. The molecule has 0 aliphatic rings. The van der Waals surface area contributed by atoms with Crippen molar-refractivity contribution in [3.05, 3.63) is 45.9 Å². The third kappa shape index (κ3) is 3.55. The van der Waals surface area contributed by atoms with E-state index in [1.54, 1.807) is 11.3 Å². The molecule has 3 nitrogen and oxygen atoms in total. The number of hydrogen-bond acceptors (Lipinski definition) is 4. The second-order valence-corrected chi connectivity index (χ2v) is 5.95. The summed E-state index contributed by atoms with van der Waals surface area (Å²) < 4.78 is 0. The van der Waals surface area contributed by atoms with E-state index in [1.807, 2.05) is 5.51 Å². The first-order valence-electron chi connectivity index (χ1n) is 6.47. The van der Waals surface area contributed by atoms with Gasteiger partial charge < -0.3 is 10.2 Å². The Balaban J connectivity index is 2.17. The first-order valence-corrected chi connectivity index (χ1v) is 7.35. The third-order valence-corrected chi connectivity index (χ3v) is 4.17. The predicted molar refractivity (Wildman–Crippen MR) is 82.7 cm³/mol. The van der Waals surface area contributed by atoms with E-state index < -0.39 is 0 Å². The molecule has 0 amide bonds. The molecule has 0 spiro atoms. The number of hydrogen-bond donors (Lipinski definition) is 1. The summed E-state index contributed by atoms with van der Waals surface area (Å²) in [5.41, 5.74) is 5.56. The maximum Gasteiger partial charge on any atom is 0.0798 e. The molecule has 1 atom stereocenters. The van der Waals surface area contributed by atoms with Crippen LogP contribution in [-0.2, 0) is 6.54 Å². The van der Waals surface area contributed by atoms with Crippen LogP contribution in [0.25, 0.3) is 0 Å². The highest BCUT2D eigenvalue weighted by molar-refractivity contribution is 7.09. The van der Waals surface area contributed by atoms with E-state index >= 15 is 0 Å². The van der Waals surface area contributed by atoms with Crippen molar-refractivity contribution >= 4 is 17.0 Å². The summed E-state index contributed by atoms with van der Waals surface area (Å²) in [5.74, 6) is 0. The van der Waals surface area contributed by atoms with E-state index in [1.165, 1.54) is 16.1 Å². The number of nitrogens with zero attached hydrogens (tertiary/aromatic N) is 2. The highest BCUT2D eigenvalue weighted by Gasteiger charge is 2.12. The number of aryl methyl sites for hydroxylation is 1. The second kappa shape index (κ2) is 6.17. The molecule has 1 heterocycles. The minimum Gasteiger partial charge on any atom is -0.377 e. The molecular formula is C15H21N3S. The van der Waals surface area contributed by atoms with E-state index in [2.05, 4.69) is 67.4 Å². The van der Waals surface area contributed by atoms with Crippen molar-refractivity contribution in [3.63, 3.8) is 0 Å². The molecule has 1 aromatic carbocycles. The van der Waals surface area contributed by atoms with Crippen LogP contribution in [0.5, 0.6) is 0 Å². The monoisotopic (exact) mass is 275 g/mol. The van der Waals surface area contributed by atoms with Gasteiger partial charge >= 0.3 is 0 Å². The molecule has 102 valence electrons. The number of anilines is 1. The fraction of sp³-hybridized carbons (Fsp3) is 0.400. The molecule has 4 heteroatoms. The Bertz CT molecular complexity index is 534. The normalized spacial score (nSPS) is 12.7. The highest BCUT2D eigenvalue weighted by Crippen LogP contribution is 2.27. The zero-order valence-electron chi connectivity index (χ0n) is 12.0. The second-order valence-electron chi connectivity index (χ2n) is 5.06. The lowest BCUT2D eigenvalue weighted by molar-refractivity contribution is 0.403. The van der Waals surface area contributed by atoms with Crippen molar-refractivity contribution in [2.75, 3.05) is 19.4 Å². The Hall–Kier alpha value is -1.39. The van der Waals surface area contributed by atoms with Crippen LogP contribution in [0.4, 0.5) is 5.69 Å². The standard InChI is InChI=1S/C15H21N3S/c1-11-15(19-10-16-11)12(2)17-14-8-6-5-7-13(14)9-18(3)4/h5-8,10,12,17H,9H2,1-4H3. The molecule has 19 heavy (non-hydrogen) atoms. The molecule has 1 unspecified atom stereocenters. The van der Waals surface area contributed by atoms with Gasteiger partial charge in [-0.05, 0) is 39.6 Å². The number of benzene rings is 1. The number of aromatic nitrogens is 1. The van der Waals surface area contributed by atoms with Gasteiger partial charge in [0.05, 0.1) is 17.2 Å². The zero-order valence-corrected chi connectivity index (χ0v) is 12.8. The largest absolute Gasteiger partial charge is 0.377 e. The van der Waals surface area contributed by atoms with Gasteiger partial charge in [-0.1, -0.05) is 18.2 Å². The topological polar surface area (TPSA) is 28.2 Å². The van der Waals surface area contributed by atoms with Gasteiger partial charge in [-0.25, -0.2) is 4.98 Å². The summed E-state index contributed by atoms with van der Waals surface area (Å²) in [7, 11) is 4.18. The summed E-state index contributed by atoms with van der Waals surface area (Å²) >= 11 is 1.71. The Morgan fingerprint density at radius 1 is 1.32 bits per heavy atom. The number of nitrogens with one attached hydrogen (secondary N) is 1. The highest BCUT2D eigenvalue weighted by atomic mass is 32.1. The van der Waals surface area contributed by atoms with Gasteiger partial charge in [0.2, 0.25) is 0 Å². The molecular weight excluding hydrogens is 254 g/mol. The molecule has 1 aromatic heterocycles. The van der Waals surface area contributed by atoms with Crippen LogP contribution >= 0.6 is 11.3 Å². The fourth-order valence-electron chi connectivity index (χ4n) is 2.16. The molecule has 0 aliphatic heterocycles. The SMILES string of the molecule is Cc1ncsc1C(C)Nc1ccccc1CN(C)C. The van der Waals surface area contributed by atoms with Crippen LogP contribution in [0.2, 0.25) is 0 Å². The zero-order chi connectivity index (χ0) is 13.8. The first kappa shape index (κ1) is 14.0. The van der Waals surface area contributed by atoms with Crippen molar-refractivity contribution in [3.8, 4) is 0 Å². The molecule has 0 radical (unpaired) electrons. The van der Waals surface area contributed by atoms with E-state index in [-0.39, 0.29) is 6.04 Å². The van der Waals surface area contributed by atoms with Crippen molar-refractivity contribution in [1.29, 1.82) is 0 Å². The number of rotatable bonds is 5. The van der Waals surface area contributed by atoms with Crippen LogP contribution in [-0.4, -0.2) is 24.0 Å². The Kier molecular flexibility index (Phi) is 4.56. The van der Waals surface area contributed by atoms with E-state index in [0.29, 0.717) is 0 Å². The van der Waals surface area contributed by atoms with Gasteiger partial charge in [0.25, 0.3) is 0 Å². The van der Waals surface area contributed by atoms with Crippen LogP contribution in [0, 0.1) is 6.92 Å². The minimum absolute atomic E-state index is 0.288.